The zero-order valence-corrected chi connectivity index (χ0v) is 30.3. The van der Waals surface area contributed by atoms with Crippen molar-refractivity contribution in [2.24, 2.45) is 36.1 Å². The van der Waals surface area contributed by atoms with E-state index in [1.165, 1.54) is 34.8 Å². The van der Waals surface area contributed by atoms with Gasteiger partial charge in [-0.05, 0) is 75.8 Å². The minimum Gasteiger partial charge on any atom is -0.468 e. The smallest absolute Gasteiger partial charge is 0.316 e. The average molecular weight is 691 g/mol. The Morgan fingerprint density at radius 3 is 2.67 bits per heavy atom. The van der Waals surface area contributed by atoms with Gasteiger partial charge in [0.15, 0.2) is 5.79 Å². The van der Waals surface area contributed by atoms with Gasteiger partial charge in [-0.1, -0.05) is 48.0 Å². The fraction of sp³-hybridized carbons (Fsp3) is 0.595. The van der Waals surface area contributed by atoms with Crippen LogP contribution in [-0.2, 0) is 33.2 Å². The minimum absolute atomic E-state index is 0.0252. The van der Waals surface area contributed by atoms with Crippen molar-refractivity contribution in [3.05, 3.63) is 77.0 Å². The number of piperidine rings is 5. The predicted octanol–water partition coefficient (Wildman–Crippen LogP) is 4.15. The van der Waals surface area contributed by atoms with Gasteiger partial charge in [-0.3, -0.25) is 14.6 Å². The number of aryl methyl sites for hydroxylation is 1. The summed E-state index contributed by atoms with van der Waals surface area (Å²) in [4.78, 5) is 21.9. The first-order chi connectivity index (χ1) is 24.6. The molecule has 12 rings (SSSR count). The molecule has 8 aliphatic heterocycles. The molecule has 2 N–H and O–H groups in total. The normalized spacial score (nSPS) is 46.3. The van der Waals surface area contributed by atoms with Crippen LogP contribution in [0.5, 0.6) is 0 Å². The second-order valence-electron chi connectivity index (χ2n) is 17.5. The van der Waals surface area contributed by atoms with Crippen LogP contribution in [-0.4, -0.2) is 100 Å². The monoisotopic (exact) mass is 690 g/mol. The third-order valence-electron chi connectivity index (χ3n) is 16.3. The lowest BCUT2D eigenvalue weighted by atomic mass is 9.58. The van der Waals surface area contributed by atoms with E-state index in [2.05, 4.69) is 94.9 Å². The Hall–Kier alpha value is -3.21. The molecule has 268 valence electrons. The van der Waals surface area contributed by atoms with Gasteiger partial charge in [-0.2, -0.15) is 0 Å². The number of rotatable bonds is 3. The SMILES string of the molecule is C/C=C1/CN2[C@H]3C[C@@]45c6ccccc6N(C[C@H]6[C@@H]7C[C@H]8c9c(c%10ccccc%10n9C)C[C@@H]([C@@H]7CO[C@@]6(C)O)N8C)[C@H]4[C@@H]2C[C@@H]1[C@]3(C(=O)OC)[C@H]5O. The summed E-state index contributed by atoms with van der Waals surface area (Å²) in [6, 6.07) is 18.1. The number of esters is 1. The maximum Gasteiger partial charge on any atom is 0.316 e. The number of nitrogens with zero attached hydrogens (tertiary/aromatic N) is 4. The highest BCUT2D eigenvalue weighted by Gasteiger charge is 2.83. The molecule has 0 amide bonds. The van der Waals surface area contributed by atoms with Crippen molar-refractivity contribution in [1.29, 1.82) is 0 Å². The predicted molar refractivity (Wildman–Crippen MR) is 193 cm³/mol. The van der Waals surface area contributed by atoms with Crippen LogP contribution in [0.4, 0.5) is 5.69 Å². The molecule has 3 aromatic rings. The number of hydrogen-bond donors (Lipinski definition) is 2. The van der Waals surface area contributed by atoms with E-state index >= 15 is 0 Å². The molecule has 51 heavy (non-hydrogen) atoms. The minimum atomic E-state index is -1.30. The first-order valence-corrected chi connectivity index (χ1v) is 19.3. The highest BCUT2D eigenvalue weighted by atomic mass is 16.6. The van der Waals surface area contributed by atoms with E-state index in [1.807, 2.05) is 6.92 Å². The van der Waals surface area contributed by atoms with Crippen molar-refractivity contribution in [2.45, 2.75) is 87.0 Å². The number of aromatic nitrogens is 1. The Bertz CT molecular complexity index is 2040. The summed E-state index contributed by atoms with van der Waals surface area (Å²) in [7, 11) is 6.01. The highest BCUT2D eigenvalue weighted by molar-refractivity contribution is 5.86. The fourth-order valence-electron chi connectivity index (χ4n) is 14.4. The maximum absolute atomic E-state index is 14.1. The molecule has 7 fully saturated rings. The lowest BCUT2D eigenvalue weighted by molar-refractivity contribution is -0.287. The Balaban J connectivity index is 1.03. The van der Waals surface area contributed by atoms with Crippen molar-refractivity contribution in [2.75, 3.05) is 38.8 Å². The van der Waals surface area contributed by atoms with Crippen molar-refractivity contribution in [1.82, 2.24) is 14.4 Å². The second kappa shape index (κ2) is 10.1. The third kappa shape index (κ3) is 3.42. The number of carbonyl (C=O) groups is 1. The van der Waals surface area contributed by atoms with Gasteiger partial charge in [-0.25, -0.2) is 0 Å². The van der Waals surface area contributed by atoms with E-state index < -0.39 is 22.7 Å². The van der Waals surface area contributed by atoms with Crippen molar-refractivity contribution in [3.8, 4) is 0 Å². The number of aliphatic hydroxyl groups excluding tert-OH is 1. The molecule has 1 saturated carbocycles. The molecule has 9 heterocycles. The van der Waals surface area contributed by atoms with Gasteiger partial charge in [0.2, 0.25) is 0 Å². The Labute approximate surface area is 299 Å². The summed E-state index contributed by atoms with van der Waals surface area (Å²) in [6.45, 7) is 5.98. The van der Waals surface area contributed by atoms with Crippen molar-refractivity contribution >= 4 is 22.6 Å². The van der Waals surface area contributed by atoms with E-state index in [1.54, 1.807) is 0 Å². The largest absolute Gasteiger partial charge is 0.468 e. The van der Waals surface area contributed by atoms with Crippen molar-refractivity contribution in [3.63, 3.8) is 0 Å². The summed E-state index contributed by atoms with van der Waals surface area (Å²) in [5, 5.41) is 26.6. The Morgan fingerprint density at radius 2 is 1.86 bits per heavy atom. The molecular weight excluding hydrogens is 640 g/mol. The van der Waals surface area contributed by atoms with Crippen molar-refractivity contribution < 1.29 is 24.5 Å². The Kier molecular flexibility index (Phi) is 6.17. The van der Waals surface area contributed by atoms with Crippen LogP contribution in [0.15, 0.2) is 60.2 Å². The Morgan fingerprint density at radius 1 is 1.08 bits per heavy atom. The summed E-state index contributed by atoms with van der Waals surface area (Å²) in [6.07, 6.45) is 4.79. The number of hydrogen-bond acceptors (Lipinski definition) is 8. The second-order valence-corrected chi connectivity index (χ2v) is 17.5. The molecular formula is C42H50N4O5. The lowest BCUT2D eigenvalue weighted by Crippen LogP contribution is -2.72. The number of anilines is 1. The number of likely N-dealkylation sites (N-methyl/N-ethyl adjacent to an activating group) is 1. The number of methoxy groups -OCH3 is 1. The molecule has 14 atom stereocenters. The van der Waals surface area contributed by atoms with Crippen LogP contribution in [0, 0.1) is 29.1 Å². The fourth-order valence-corrected chi connectivity index (χ4v) is 14.4. The molecule has 1 unspecified atom stereocenters. The number of ether oxygens (including phenoxy) is 2. The number of aliphatic hydroxyl groups is 2. The first kappa shape index (κ1) is 31.3. The van der Waals surface area contributed by atoms with Gasteiger partial charge in [0, 0.05) is 83.7 Å². The standard InChI is InChI=1S/C42H50N4O5/c1-6-22-19-45-34-17-28(22)42(39(48)50-5)35(45)18-41(38(42)47)27-12-8-10-14-31(27)46(37(34)41)20-29-24-15-33-36-25(23-11-7-9-13-30(23)44(36)4)16-32(43(33)3)26(24)21-51-40(29,2)49/h6-14,24,26,28-29,32-35,37-38,47,49H,15-21H2,1-5H3/b22-6-/t24-,26-,28+,29+,32+,33+,34+,35+,37+,38+,40-,41-,42-/m1/s1. The molecule has 1 spiro atoms. The molecule has 6 saturated heterocycles. The number of carbonyl (C=O) groups excluding carboxylic acids is 1. The summed E-state index contributed by atoms with van der Waals surface area (Å²) >= 11 is 0. The van der Waals surface area contributed by atoms with Crippen LogP contribution >= 0.6 is 0 Å². The molecule has 9 heteroatoms. The third-order valence-corrected chi connectivity index (χ3v) is 16.3. The molecule has 7 bridgehead atoms. The van der Waals surface area contributed by atoms with Crippen LogP contribution in [0.1, 0.15) is 56.0 Å². The van der Waals surface area contributed by atoms with Gasteiger partial charge >= 0.3 is 5.97 Å². The van der Waals surface area contributed by atoms with Gasteiger partial charge < -0.3 is 29.2 Å². The van der Waals surface area contributed by atoms with Crippen LogP contribution < -0.4 is 4.90 Å². The van der Waals surface area contributed by atoms with E-state index in [4.69, 9.17) is 9.47 Å². The number of allylic oxidation sites excluding steroid dienone is 1. The van der Waals surface area contributed by atoms with Crippen LogP contribution in [0.25, 0.3) is 10.9 Å². The topological polar surface area (TPSA) is 90.6 Å². The zero-order valence-electron chi connectivity index (χ0n) is 30.3. The molecule has 9 aliphatic rings. The lowest BCUT2D eigenvalue weighted by Gasteiger charge is -2.62. The molecule has 0 radical (unpaired) electrons. The van der Waals surface area contributed by atoms with Crippen LogP contribution in [0.2, 0.25) is 0 Å². The van der Waals surface area contributed by atoms with Gasteiger partial charge in [0.05, 0.1) is 31.9 Å². The zero-order chi connectivity index (χ0) is 34.9. The number of benzene rings is 2. The molecule has 1 aromatic heterocycles. The maximum atomic E-state index is 14.1. The quantitative estimate of drug-likeness (QED) is 0.313. The molecule has 9 nitrogen and oxygen atoms in total. The summed E-state index contributed by atoms with van der Waals surface area (Å²) < 4.78 is 14.6. The van der Waals surface area contributed by atoms with E-state index in [0.29, 0.717) is 25.1 Å². The molecule has 2 aromatic carbocycles. The summed E-state index contributed by atoms with van der Waals surface area (Å²) in [5.74, 6) is -1.21. The van der Waals surface area contributed by atoms with Gasteiger partial charge in [-0.15, -0.1) is 0 Å². The first-order valence-electron chi connectivity index (χ1n) is 19.3. The van der Waals surface area contributed by atoms with Crippen LogP contribution in [0.3, 0.4) is 0 Å². The number of para-hydroxylation sites is 2. The summed E-state index contributed by atoms with van der Waals surface area (Å²) in [5.41, 5.74) is 6.15. The van der Waals surface area contributed by atoms with E-state index in [0.717, 1.165) is 43.5 Å². The van der Waals surface area contributed by atoms with Gasteiger partial charge in [0.25, 0.3) is 0 Å². The highest BCUT2D eigenvalue weighted by Crippen LogP contribution is 2.73. The average Bonchev–Trinajstić information content (AvgIpc) is 3.66. The number of fused-ring (bicyclic) bond motifs is 10. The van der Waals surface area contributed by atoms with E-state index in [-0.39, 0.29) is 47.9 Å². The van der Waals surface area contributed by atoms with Gasteiger partial charge in [0.1, 0.15) is 5.41 Å². The van der Waals surface area contributed by atoms with E-state index in [9.17, 15) is 15.0 Å². The molecule has 1 aliphatic carbocycles.